The van der Waals surface area contributed by atoms with E-state index in [0.29, 0.717) is 5.76 Å². The minimum Gasteiger partial charge on any atom is -0.463 e. The highest BCUT2D eigenvalue weighted by Gasteiger charge is 2.04. The smallest absolute Gasteiger partial charge is 0.263 e. The van der Waals surface area contributed by atoms with E-state index in [1.54, 1.807) is 12.1 Å². The summed E-state index contributed by atoms with van der Waals surface area (Å²) in [6, 6.07) is 3.42. The molecule has 3 N–H and O–H groups in total. The number of tetrazole rings is 1. The zero-order valence-corrected chi connectivity index (χ0v) is 8.65. The zero-order chi connectivity index (χ0) is 12.1. The molecule has 0 bridgehead atoms. The lowest BCUT2D eigenvalue weighted by atomic mass is 10.5. The molecule has 0 spiro atoms. The molecule has 0 aliphatic carbocycles. The SMILES string of the molecule is Nc1nnn(CC(=O)NN=Cc2ccco2)n1. The second-order valence-corrected chi connectivity index (χ2v) is 2.99. The van der Waals surface area contributed by atoms with Gasteiger partial charge in [0.25, 0.3) is 11.9 Å². The molecule has 0 fully saturated rings. The van der Waals surface area contributed by atoms with Crippen LogP contribution in [0, 0.1) is 0 Å². The lowest BCUT2D eigenvalue weighted by Gasteiger charge is -1.96. The molecule has 0 radical (unpaired) electrons. The standard InChI is InChI=1S/C8H9N7O2/c9-8-12-14-15(13-8)5-7(16)11-10-4-6-2-1-3-17-6/h1-4H,5H2,(H2,9,13)(H,11,16). The van der Waals surface area contributed by atoms with Crippen LogP contribution in [-0.4, -0.2) is 32.3 Å². The summed E-state index contributed by atoms with van der Waals surface area (Å²) in [6.07, 6.45) is 2.88. The normalized spacial score (nSPS) is 10.8. The predicted octanol–water partition coefficient (Wildman–Crippen LogP) is -1.00. The number of aromatic nitrogens is 4. The van der Waals surface area contributed by atoms with Crippen LogP contribution in [0.4, 0.5) is 5.95 Å². The van der Waals surface area contributed by atoms with Crippen LogP contribution in [0.3, 0.4) is 0 Å². The third kappa shape index (κ3) is 3.12. The monoisotopic (exact) mass is 235 g/mol. The Morgan fingerprint density at radius 3 is 3.24 bits per heavy atom. The van der Waals surface area contributed by atoms with E-state index in [0.717, 1.165) is 4.80 Å². The Kier molecular flexibility index (Phi) is 3.10. The highest BCUT2D eigenvalue weighted by atomic mass is 16.3. The summed E-state index contributed by atoms with van der Waals surface area (Å²) in [5, 5.41) is 14.3. The molecule has 2 rings (SSSR count). The summed E-state index contributed by atoms with van der Waals surface area (Å²) in [5.41, 5.74) is 7.52. The van der Waals surface area contributed by atoms with Gasteiger partial charge in [-0.25, -0.2) is 5.43 Å². The molecule has 1 amide bonds. The number of hydrogen-bond donors (Lipinski definition) is 2. The van der Waals surface area contributed by atoms with Crippen LogP contribution in [-0.2, 0) is 11.3 Å². The van der Waals surface area contributed by atoms with E-state index in [1.165, 1.54) is 12.5 Å². The molecule has 2 aromatic rings. The molecule has 2 aromatic heterocycles. The van der Waals surface area contributed by atoms with Gasteiger partial charge in [0, 0.05) is 0 Å². The fourth-order valence-electron chi connectivity index (χ4n) is 1.02. The number of nitrogens with two attached hydrogens (primary N) is 1. The molecular weight excluding hydrogens is 226 g/mol. The van der Waals surface area contributed by atoms with Crippen molar-refractivity contribution in [1.82, 2.24) is 25.6 Å². The Morgan fingerprint density at radius 2 is 2.59 bits per heavy atom. The second kappa shape index (κ2) is 4.88. The van der Waals surface area contributed by atoms with E-state index >= 15 is 0 Å². The Bertz CT molecular complexity index is 516. The number of nitrogens with one attached hydrogen (secondary N) is 1. The zero-order valence-electron chi connectivity index (χ0n) is 8.65. The number of amides is 1. The Balaban J connectivity index is 1.82. The van der Waals surface area contributed by atoms with Crippen molar-refractivity contribution >= 4 is 18.1 Å². The average Bonchev–Trinajstić information content (AvgIpc) is 2.90. The van der Waals surface area contributed by atoms with Gasteiger partial charge < -0.3 is 10.2 Å². The first-order chi connectivity index (χ1) is 8.24. The number of furan rings is 1. The third-order valence-electron chi connectivity index (χ3n) is 1.68. The van der Waals surface area contributed by atoms with Crippen LogP contribution in [0.5, 0.6) is 0 Å². The van der Waals surface area contributed by atoms with Gasteiger partial charge in [-0.15, -0.1) is 5.10 Å². The molecule has 0 atom stereocenters. The number of rotatable bonds is 4. The van der Waals surface area contributed by atoms with E-state index in [-0.39, 0.29) is 12.5 Å². The Morgan fingerprint density at radius 1 is 1.71 bits per heavy atom. The topological polar surface area (TPSA) is 124 Å². The van der Waals surface area contributed by atoms with Crippen molar-refractivity contribution in [3.05, 3.63) is 24.2 Å². The lowest BCUT2D eigenvalue weighted by Crippen LogP contribution is -2.24. The van der Waals surface area contributed by atoms with Gasteiger partial charge in [-0.3, -0.25) is 4.79 Å². The van der Waals surface area contributed by atoms with Crippen molar-refractivity contribution < 1.29 is 9.21 Å². The van der Waals surface area contributed by atoms with Crippen molar-refractivity contribution in [2.75, 3.05) is 5.73 Å². The maximum absolute atomic E-state index is 11.3. The first kappa shape index (κ1) is 10.8. The molecule has 0 unspecified atom stereocenters. The molecule has 9 nitrogen and oxygen atoms in total. The highest BCUT2D eigenvalue weighted by Crippen LogP contribution is 1.94. The molecule has 0 saturated heterocycles. The first-order valence-electron chi connectivity index (χ1n) is 4.63. The largest absolute Gasteiger partial charge is 0.463 e. The molecule has 0 aromatic carbocycles. The van der Waals surface area contributed by atoms with Crippen LogP contribution < -0.4 is 11.2 Å². The van der Waals surface area contributed by atoms with Gasteiger partial charge in [0.15, 0.2) is 0 Å². The third-order valence-corrected chi connectivity index (χ3v) is 1.68. The van der Waals surface area contributed by atoms with E-state index in [2.05, 4.69) is 25.9 Å². The molecular formula is C8H9N7O2. The van der Waals surface area contributed by atoms with Gasteiger partial charge in [0.1, 0.15) is 12.3 Å². The molecule has 2 heterocycles. The summed E-state index contributed by atoms with van der Waals surface area (Å²) in [6.45, 7) is -0.111. The number of carbonyl (C=O) groups is 1. The molecule has 17 heavy (non-hydrogen) atoms. The van der Waals surface area contributed by atoms with E-state index < -0.39 is 5.91 Å². The van der Waals surface area contributed by atoms with Crippen LogP contribution in [0.1, 0.15) is 5.76 Å². The van der Waals surface area contributed by atoms with Crippen LogP contribution in [0.25, 0.3) is 0 Å². The van der Waals surface area contributed by atoms with E-state index in [4.69, 9.17) is 10.2 Å². The summed E-state index contributed by atoms with van der Waals surface area (Å²) < 4.78 is 4.98. The number of nitrogen functional groups attached to an aromatic ring is 1. The number of hydrazone groups is 1. The number of nitrogens with zero attached hydrogens (tertiary/aromatic N) is 5. The summed E-state index contributed by atoms with van der Waals surface area (Å²) >= 11 is 0. The maximum atomic E-state index is 11.3. The van der Waals surface area contributed by atoms with Crippen LogP contribution >= 0.6 is 0 Å². The van der Waals surface area contributed by atoms with Gasteiger partial charge >= 0.3 is 0 Å². The van der Waals surface area contributed by atoms with Gasteiger partial charge in [-0.2, -0.15) is 9.90 Å². The molecule has 0 aliphatic heterocycles. The lowest BCUT2D eigenvalue weighted by molar-refractivity contribution is -0.122. The van der Waals surface area contributed by atoms with Crippen molar-refractivity contribution in [2.45, 2.75) is 6.54 Å². The van der Waals surface area contributed by atoms with Crippen molar-refractivity contribution in [3.8, 4) is 0 Å². The minimum absolute atomic E-state index is 0.0110. The second-order valence-electron chi connectivity index (χ2n) is 2.99. The number of hydrogen-bond acceptors (Lipinski definition) is 7. The van der Waals surface area contributed by atoms with Crippen LogP contribution in [0.2, 0.25) is 0 Å². The summed E-state index contributed by atoms with van der Waals surface area (Å²) in [5.74, 6) is 0.149. The Labute approximate surface area is 95.3 Å². The fraction of sp³-hybridized carbons (Fsp3) is 0.125. The predicted molar refractivity (Wildman–Crippen MR) is 56.7 cm³/mol. The highest BCUT2D eigenvalue weighted by molar-refractivity contribution is 5.79. The average molecular weight is 235 g/mol. The summed E-state index contributed by atoms with van der Waals surface area (Å²) in [4.78, 5) is 12.4. The first-order valence-corrected chi connectivity index (χ1v) is 4.63. The van der Waals surface area contributed by atoms with Crippen molar-refractivity contribution in [2.24, 2.45) is 5.10 Å². The number of anilines is 1. The van der Waals surface area contributed by atoms with Crippen molar-refractivity contribution in [1.29, 1.82) is 0 Å². The fourth-order valence-corrected chi connectivity index (χ4v) is 1.02. The summed E-state index contributed by atoms with van der Waals surface area (Å²) in [7, 11) is 0. The minimum atomic E-state index is -0.398. The van der Waals surface area contributed by atoms with Crippen molar-refractivity contribution in [3.63, 3.8) is 0 Å². The van der Waals surface area contributed by atoms with Gasteiger partial charge in [0.2, 0.25) is 0 Å². The maximum Gasteiger partial charge on any atom is 0.263 e. The van der Waals surface area contributed by atoms with Gasteiger partial charge in [0.05, 0.1) is 12.5 Å². The molecule has 88 valence electrons. The van der Waals surface area contributed by atoms with Gasteiger partial charge in [-0.05, 0) is 17.3 Å². The van der Waals surface area contributed by atoms with Gasteiger partial charge in [-0.1, -0.05) is 5.10 Å². The van der Waals surface area contributed by atoms with E-state index in [9.17, 15) is 4.79 Å². The molecule has 9 heteroatoms. The number of carbonyl (C=O) groups excluding carboxylic acids is 1. The molecule has 0 aliphatic rings. The quantitative estimate of drug-likeness (QED) is 0.517. The molecule has 0 saturated carbocycles. The van der Waals surface area contributed by atoms with E-state index in [1.807, 2.05) is 0 Å². The Hall–Kier alpha value is -2.71. The van der Waals surface area contributed by atoms with Crippen LogP contribution in [0.15, 0.2) is 27.9 Å².